The number of likely N-dealkylation sites (tertiary alicyclic amines) is 1. The van der Waals surface area contributed by atoms with E-state index in [1.54, 1.807) is 25.3 Å². The van der Waals surface area contributed by atoms with Crippen molar-refractivity contribution in [3.63, 3.8) is 0 Å². The van der Waals surface area contributed by atoms with Crippen molar-refractivity contribution in [2.24, 2.45) is 5.41 Å². The molecule has 32 heavy (non-hydrogen) atoms. The van der Waals surface area contributed by atoms with Crippen molar-refractivity contribution in [1.82, 2.24) is 20.4 Å². The highest BCUT2D eigenvalue weighted by Crippen LogP contribution is 2.36. The van der Waals surface area contributed by atoms with Crippen LogP contribution in [0.5, 0.6) is 5.75 Å². The van der Waals surface area contributed by atoms with Gasteiger partial charge in [-0.2, -0.15) is 5.10 Å². The molecule has 2 aromatic carbocycles. The van der Waals surface area contributed by atoms with Crippen molar-refractivity contribution >= 4 is 11.8 Å². The number of rotatable bonds is 6. The summed E-state index contributed by atoms with van der Waals surface area (Å²) in [6.07, 6.45) is 2.73. The minimum absolute atomic E-state index is 0.0366. The molecule has 0 radical (unpaired) electrons. The van der Waals surface area contributed by atoms with Crippen LogP contribution in [0.4, 0.5) is 0 Å². The second-order valence-corrected chi connectivity index (χ2v) is 8.32. The van der Waals surface area contributed by atoms with Crippen LogP contribution in [0.3, 0.4) is 0 Å². The molecule has 4 rings (SSSR count). The third-order valence-electron chi connectivity index (χ3n) is 6.32. The Bertz CT molecular complexity index is 1120. The first-order chi connectivity index (χ1) is 15.5. The highest BCUT2D eigenvalue weighted by molar-refractivity contribution is 5.96. The molecule has 0 spiro atoms. The third kappa shape index (κ3) is 3.98. The van der Waals surface area contributed by atoms with Crippen LogP contribution in [0.25, 0.3) is 11.1 Å². The Balaban J connectivity index is 1.55. The van der Waals surface area contributed by atoms with E-state index in [0.29, 0.717) is 31.5 Å². The van der Waals surface area contributed by atoms with Gasteiger partial charge in [0.15, 0.2) is 0 Å². The average molecular weight is 433 g/mol. The molecule has 3 aromatic rings. The largest absolute Gasteiger partial charge is 0.496 e. The topological polar surface area (TPSA) is 87.3 Å². The summed E-state index contributed by atoms with van der Waals surface area (Å²) in [5.41, 5.74) is 3.77. The summed E-state index contributed by atoms with van der Waals surface area (Å²) in [6.45, 7) is 2.74. The fourth-order valence-electron chi connectivity index (χ4n) is 4.53. The summed E-state index contributed by atoms with van der Waals surface area (Å²) in [5.74, 6) is 0.695. The maximum absolute atomic E-state index is 13.0. The molecule has 7 nitrogen and oxygen atoms in total. The first-order valence-corrected chi connectivity index (χ1v) is 10.7. The predicted octanol–water partition coefficient (Wildman–Crippen LogP) is 3.21. The summed E-state index contributed by atoms with van der Waals surface area (Å²) in [6, 6.07) is 16.1. The molecule has 1 fully saturated rings. The number of hydrogen-bond acceptors (Lipinski definition) is 4. The first-order valence-electron chi connectivity index (χ1n) is 10.7. The minimum Gasteiger partial charge on any atom is -0.496 e. The number of benzene rings is 2. The molecule has 1 unspecified atom stereocenters. The number of methoxy groups -OCH3 is 1. The minimum atomic E-state index is -0.659. The van der Waals surface area contributed by atoms with E-state index in [-0.39, 0.29) is 11.8 Å². The number of carbonyl (C=O) groups excluding carboxylic acids is 2. The van der Waals surface area contributed by atoms with Crippen LogP contribution in [-0.2, 0) is 11.2 Å². The summed E-state index contributed by atoms with van der Waals surface area (Å²) < 4.78 is 5.48. The van der Waals surface area contributed by atoms with Gasteiger partial charge in [-0.3, -0.25) is 14.7 Å². The van der Waals surface area contributed by atoms with Gasteiger partial charge in [-0.1, -0.05) is 42.5 Å². The normalized spacial score (nSPS) is 17.9. The van der Waals surface area contributed by atoms with E-state index in [9.17, 15) is 9.59 Å². The van der Waals surface area contributed by atoms with Crippen molar-refractivity contribution in [1.29, 1.82) is 0 Å². The first kappa shape index (κ1) is 21.6. The van der Waals surface area contributed by atoms with E-state index in [1.165, 1.54) is 0 Å². The van der Waals surface area contributed by atoms with Crippen molar-refractivity contribution in [3.8, 4) is 16.9 Å². The highest BCUT2D eigenvalue weighted by atomic mass is 16.5. The molecule has 1 aromatic heterocycles. The number of para-hydroxylation sites is 1. The monoisotopic (exact) mass is 432 g/mol. The molecule has 2 heterocycles. The van der Waals surface area contributed by atoms with Crippen LogP contribution in [0.2, 0.25) is 0 Å². The Labute approximate surface area is 187 Å². The van der Waals surface area contributed by atoms with Crippen LogP contribution >= 0.6 is 0 Å². The quantitative estimate of drug-likeness (QED) is 0.626. The van der Waals surface area contributed by atoms with Crippen molar-refractivity contribution < 1.29 is 14.3 Å². The molecule has 7 heteroatoms. The smallest absolute Gasteiger partial charge is 0.257 e. The second-order valence-electron chi connectivity index (χ2n) is 8.32. The van der Waals surface area contributed by atoms with Gasteiger partial charge in [0.05, 0.1) is 24.3 Å². The lowest BCUT2D eigenvalue weighted by Crippen LogP contribution is -2.44. The van der Waals surface area contributed by atoms with Gasteiger partial charge in [0.1, 0.15) is 5.75 Å². The zero-order valence-corrected chi connectivity index (χ0v) is 18.6. The zero-order chi connectivity index (χ0) is 22.7. The fraction of sp³-hybridized carbons (Fsp3) is 0.320. The van der Waals surface area contributed by atoms with Gasteiger partial charge in [-0.15, -0.1) is 0 Å². The van der Waals surface area contributed by atoms with Gasteiger partial charge < -0.3 is 15.0 Å². The summed E-state index contributed by atoms with van der Waals surface area (Å²) in [7, 11) is 3.32. The van der Waals surface area contributed by atoms with E-state index in [1.807, 2.05) is 31.2 Å². The lowest BCUT2D eigenvalue weighted by atomic mass is 9.79. The van der Waals surface area contributed by atoms with Crippen molar-refractivity contribution in [3.05, 3.63) is 71.5 Å². The maximum atomic E-state index is 13.0. The van der Waals surface area contributed by atoms with Crippen LogP contribution < -0.4 is 10.1 Å². The van der Waals surface area contributed by atoms with E-state index in [2.05, 4.69) is 39.8 Å². The van der Waals surface area contributed by atoms with Gasteiger partial charge in [0.25, 0.3) is 5.91 Å². The number of H-pyrrole nitrogens is 1. The molecule has 0 aliphatic carbocycles. The molecule has 0 bridgehead atoms. The van der Waals surface area contributed by atoms with Gasteiger partial charge in [-0.05, 0) is 37.0 Å². The molecular weight excluding hydrogens is 404 g/mol. The molecule has 1 saturated heterocycles. The molecule has 1 atom stereocenters. The van der Waals surface area contributed by atoms with E-state index < -0.39 is 5.41 Å². The summed E-state index contributed by atoms with van der Waals surface area (Å²) >= 11 is 0. The molecular formula is C25H28N4O3. The van der Waals surface area contributed by atoms with Crippen molar-refractivity contribution in [2.45, 2.75) is 19.8 Å². The third-order valence-corrected chi connectivity index (χ3v) is 6.32. The van der Waals surface area contributed by atoms with Crippen LogP contribution in [0.1, 0.15) is 28.0 Å². The number of aromatic amines is 1. The lowest BCUT2D eigenvalue weighted by molar-refractivity contribution is -0.129. The molecule has 0 saturated carbocycles. The second kappa shape index (κ2) is 8.86. The average Bonchev–Trinajstić information content (AvgIpc) is 3.45. The molecule has 2 amide bonds. The van der Waals surface area contributed by atoms with E-state index in [4.69, 9.17) is 4.74 Å². The summed E-state index contributed by atoms with van der Waals surface area (Å²) in [4.78, 5) is 27.7. The number of amides is 2. The Morgan fingerprint density at radius 3 is 2.59 bits per heavy atom. The Hall–Kier alpha value is -3.61. The maximum Gasteiger partial charge on any atom is 0.257 e. The van der Waals surface area contributed by atoms with E-state index >= 15 is 0 Å². The number of nitrogens with zero attached hydrogens (tertiary/aromatic N) is 2. The van der Waals surface area contributed by atoms with Crippen LogP contribution in [-0.4, -0.2) is 54.2 Å². The van der Waals surface area contributed by atoms with Gasteiger partial charge in [0, 0.05) is 31.4 Å². The number of aryl methyl sites for hydroxylation is 1. The molecule has 2 N–H and O–H groups in total. The van der Waals surface area contributed by atoms with Gasteiger partial charge in [-0.25, -0.2) is 0 Å². The fourth-order valence-corrected chi connectivity index (χ4v) is 4.53. The van der Waals surface area contributed by atoms with Crippen LogP contribution in [0.15, 0.2) is 54.7 Å². The molecule has 1 aliphatic heterocycles. The highest BCUT2D eigenvalue weighted by Gasteiger charge is 2.45. The SMILES string of the molecule is CNC(=O)C1(Cc2ccc(-c3ccccc3OC)cc2)CCN(C(=O)c2cn[nH]c2C)C1. The van der Waals surface area contributed by atoms with Gasteiger partial charge in [0.2, 0.25) is 5.91 Å². The molecule has 166 valence electrons. The Morgan fingerprint density at radius 1 is 1.19 bits per heavy atom. The van der Waals surface area contributed by atoms with Crippen LogP contribution in [0, 0.1) is 12.3 Å². The Morgan fingerprint density at radius 2 is 1.94 bits per heavy atom. The zero-order valence-electron chi connectivity index (χ0n) is 18.6. The summed E-state index contributed by atoms with van der Waals surface area (Å²) in [5, 5.41) is 9.58. The Kier molecular flexibility index (Phi) is 5.99. The number of hydrogen-bond donors (Lipinski definition) is 2. The number of carbonyl (C=O) groups is 2. The number of aromatic nitrogens is 2. The van der Waals surface area contributed by atoms with Crippen molar-refractivity contribution in [2.75, 3.05) is 27.2 Å². The van der Waals surface area contributed by atoms with E-state index in [0.717, 1.165) is 28.1 Å². The molecule has 1 aliphatic rings. The lowest BCUT2D eigenvalue weighted by Gasteiger charge is -2.28. The standard InChI is InChI=1S/C25H28N4O3/c1-17-21(15-27-28-17)23(30)29-13-12-25(16-29,24(31)26-2)14-18-8-10-19(11-9-18)20-6-4-5-7-22(20)32-3/h4-11,15H,12-14,16H2,1-3H3,(H,26,31)(H,27,28). The number of ether oxygens (including phenoxy) is 1. The predicted molar refractivity (Wildman–Crippen MR) is 122 cm³/mol. The number of nitrogens with one attached hydrogen (secondary N) is 2. The van der Waals surface area contributed by atoms with Gasteiger partial charge >= 0.3 is 0 Å².